The minimum atomic E-state index is 0.525. The number of ether oxygens (including phenoxy) is 1. The summed E-state index contributed by atoms with van der Waals surface area (Å²) in [6.07, 6.45) is 0. The van der Waals surface area contributed by atoms with Gasteiger partial charge in [0, 0.05) is 12.3 Å². The number of hydrogen-bond donors (Lipinski definition) is 1. The summed E-state index contributed by atoms with van der Waals surface area (Å²) in [7, 11) is 0. The standard InChI is InChI=1S/C13H19N5OS/c1-10-3-4-11(2)12(9-10)19-7-8-20-13-15-16-17-18(13)6-5-14/h3-4,9H,5-8,14H2,1-2H3. The molecule has 0 amide bonds. The molecule has 0 radical (unpaired) electrons. The van der Waals surface area contributed by atoms with E-state index in [1.54, 1.807) is 16.4 Å². The molecule has 2 N–H and O–H groups in total. The number of nitrogens with zero attached hydrogens (tertiary/aromatic N) is 4. The van der Waals surface area contributed by atoms with Gasteiger partial charge < -0.3 is 10.5 Å². The summed E-state index contributed by atoms with van der Waals surface area (Å²) >= 11 is 1.57. The van der Waals surface area contributed by atoms with E-state index in [1.807, 2.05) is 6.92 Å². The van der Waals surface area contributed by atoms with Gasteiger partial charge in [-0.3, -0.25) is 0 Å². The van der Waals surface area contributed by atoms with Crippen LogP contribution >= 0.6 is 11.8 Å². The zero-order chi connectivity index (χ0) is 14.4. The molecule has 1 heterocycles. The molecule has 2 rings (SSSR count). The Balaban J connectivity index is 1.81. The van der Waals surface area contributed by atoms with Crippen LogP contribution in [0.15, 0.2) is 23.4 Å². The van der Waals surface area contributed by atoms with Crippen LogP contribution in [0.1, 0.15) is 11.1 Å². The Labute approximate surface area is 122 Å². The maximum Gasteiger partial charge on any atom is 0.209 e. The van der Waals surface area contributed by atoms with E-state index < -0.39 is 0 Å². The third-order valence-corrected chi connectivity index (χ3v) is 3.68. The van der Waals surface area contributed by atoms with Crippen LogP contribution in [0.2, 0.25) is 0 Å². The summed E-state index contributed by atoms with van der Waals surface area (Å²) in [5.41, 5.74) is 7.85. The first kappa shape index (κ1) is 14.8. The van der Waals surface area contributed by atoms with Crippen molar-refractivity contribution >= 4 is 11.8 Å². The Morgan fingerprint density at radius 1 is 1.35 bits per heavy atom. The van der Waals surface area contributed by atoms with Crippen LogP contribution in [0.3, 0.4) is 0 Å². The van der Waals surface area contributed by atoms with Gasteiger partial charge in [-0.1, -0.05) is 23.9 Å². The number of aromatic nitrogens is 4. The molecule has 0 aliphatic carbocycles. The highest BCUT2D eigenvalue weighted by Gasteiger charge is 2.06. The maximum atomic E-state index is 5.79. The topological polar surface area (TPSA) is 78.9 Å². The fourth-order valence-corrected chi connectivity index (χ4v) is 2.43. The molecule has 2 aromatic rings. The van der Waals surface area contributed by atoms with Gasteiger partial charge in [0.1, 0.15) is 5.75 Å². The van der Waals surface area contributed by atoms with Crippen molar-refractivity contribution in [3.05, 3.63) is 29.3 Å². The molecule has 0 unspecified atom stereocenters. The van der Waals surface area contributed by atoms with E-state index in [0.29, 0.717) is 19.7 Å². The van der Waals surface area contributed by atoms with Crippen LogP contribution in [-0.4, -0.2) is 39.1 Å². The molecule has 0 aliphatic heterocycles. The Bertz CT molecular complexity index is 557. The second-order valence-corrected chi connectivity index (χ2v) is 5.50. The minimum Gasteiger partial charge on any atom is -0.492 e. The van der Waals surface area contributed by atoms with Crippen LogP contribution in [0.4, 0.5) is 0 Å². The second kappa shape index (κ2) is 7.25. The van der Waals surface area contributed by atoms with Gasteiger partial charge in [-0.15, -0.1) is 5.10 Å². The number of tetrazole rings is 1. The van der Waals surface area contributed by atoms with E-state index >= 15 is 0 Å². The van der Waals surface area contributed by atoms with Crippen LogP contribution in [0.25, 0.3) is 0 Å². The molecule has 1 aromatic carbocycles. The van der Waals surface area contributed by atoms with E-state index in [0.717, 1.165) is 22.2 Å². The molecule has 6 nitrogen and oxygen atoms in total. The predicted molar refractivity (Wildman–Crippen MR) is 79.0 cm³/mol. The third kappa shape index (κ3) is 3.94. The van der Waals surface area contributed by atoms with Crippen molar-refractivity contribution in [2.75, 3.05) is 18.9 Å². The smallest absolute Gasteiger partial charge is 0.209 e. The zero-order valence-electron chi connectivity index (χ0n) is 11.7. The fraction of sp³-hybridized carbons (Fsp3) is 0.462. The Morgan fingerprint density at radius 2 is 2.20 bits per heavy atom. The van der Waals surface area contributed by atoms with E-state index in [4.69, 9.17) is 10.5 Å². The number of benzene rings is 1. The van der Waals surface area contributed by atoms with Crippen molar-refractivity contribution in [3.63, 3.8) is 0 Å². The molecule has 1 aromatic heterocycles. The SMILES string of the molecule is Cc1ccc(C)c(OCCSc2nnnn2CCN)c1. The Morgan fingerprint density at radius 3 is 3.00 bits per heavy atom. The van der Waals surface area contributed by atoms with E-state index in [-0.39, 0.29) is 0 Å². The first-order valence-electron chi connectivity index (χ1n) is 6.50. The largest absolute Gasteiger partial charge is 0.492 e. The van der Waals surface area contributed by atoms with Gasteiger partial charge >= 0.3 is 0 Å². The van der Waals surface area contributed by atoms with Crippen molar-refractivity contribution in [3.8, 4) is 5.75 Å². The zero-order valence-corrected chi connectivity index (χ0v) is 12.6. The maximum absolute atomic E-state index is 5.79. The van der Waals surface area contributed by atoms with Gasteiger partial charge in [0.05, 0.1) is 13.2 Å². The number of rotatable bonds is 7. The summed E-state index contributed by atoms with van der Waals surface area (Å²) in [5, 5.41) is 12.3. The average molecular weight is 293 g/mol. The van der Waals surface area contributed by atoms with Crippen LogP contribution in [-0.2, 0) is 6.54 Å². The van der Waals surface area contributed by atoms with Crippen LogP contribution in [0.5, 0.6) is 5.75 Å². The summed E-state index contributed by atoms with van der Waals surface area (Å²) < 4.78 is 7.50. The molecule has 20 heavy (non-hydrogen) atoms. The summed E-state index contributed by atoms with van der Waals surface area (Å²) in [6, 6.07) is 6.20. The molecular formula is C13H19N5OS. The summed E-state index contributed by atoms with van der Waals surface area (Å²) in [4.78, 5) is 0. The molecule has 0 saturated heterocycles. The van der Waals surface area contributed by atoms with E-state index in [9.17, 15) is 0 Å². The van der Waals surface area contributed by atoms with Crippen molar-refractivity contribution in [2.24, 2.45) is 5.73 Å². The highest BCUT2D eigenvalue weighted by atomic mass is 32.2. The Hall–Kier alpha value is -1.60. The first-order chi connectivity index (χ1) is 9.70. The van der Waals surface area contributed by atoms with E-state index in [2.05, 4.69) is 40.6 Å². The normalized spacial score (nSPS) is 10.8. The lowest BCUT2D eigenvalue weighted by atomic mass is 10.1. The van der Waals surface area contributed by atoms with E-state index in [1.165, 1.54) is 5.56 Å². The summed E-state index contributed by atoms with van der Waals surface area (Å²) in [5.74, 6) is 1.73. The molecule has 0 spiro atoms. The van der Waals surface area contributed by atoms with Crippen molar-refractivity contribution in [2.45, 2.75) is 25.5 Å². The Kier molecular flexibility index (Phi) is 5.37. The average Bonchev–Trinajstić information content (AvgIpc) is 2.86. The van der Waals surface area contributed by atoms with Gasteiger partial charge in [-0.05, 0) is 41.5 Å². The lowest BCUT2D eigenvalue weighted by Gasteiger charge is -2.09. The lowest BCUT2D eigenvalue weighted by Crippen LogP contribution is -2.12. The molecule has 108 valence electrons. The van der Waals surface area contributed by atoms with Gasteiger partial charge in [-0.25, -0.2) is 4.68 Å². The van der Waals surface area contributed by atoms with Gasteiger partial charge in [0.2, 0.25) is 5.16 Å². The summed E-state index contributed by atoms with van der Waals surface area (Å²) in [6.45, 7) is 5.88. The number of hydrogen-bond acceptors (Lipinski definition) is 6. The minimum absolute atomic E-state index is 0.525. The van der Waals surface area contributed by atoms with Gasteiger partial charge in [0.15, 0.2) is 0 Å². The first-order valence-corrected chi connectivity index (χ1v) is 7.48. The second-order valence-electron chi connectivity index (χ2n) is 4.44. The molecule has 0 saturated carbocycles. The van der Waals surface area contributed by atoms with Gasteiger partial charge in [-0.2, -0.15) is 0 Å². The van der Waals surface area contributed by atoms with Crippen LogP contribution < -0.4 is 10.5 Å². The molecule has 0 bridgehead atoms. The van der Waals surface area contributed by atoms with Crippen LogP contribution in [0, 0.1) is 13.8 Å². The lowest BCUT2D eigenvalue weighted by molar-refractivity contribution is 0.341. The highest BCUT2D eigenvalue weighted by Crippen LogP contribution is 2.20. The van der Waals surface area contributed by atoms with Crippen molar-refractivity contribution in [1.29, 1.82) is 0 Å². The van der Waals surface area contributed by atoms with Crippen molar-refractivity contribution in [1.82, 2.24) is 20.2 Å². The molecule has 0 atom stereocenters. The quantitative estimate of drug-likeness (QED) is 0.614. The fourth-order valence-electron chi connectivity index (χ4n) is 1.71. The molecular weight excluding hydrogens is 274 g/mol. The molecule has 0 fully saturated rings. The highest BCUT2D eigenvalue weighted by molar-refractivity contribution is 7.99. The van der Waals surface area contributed by atoms with Crippen molar-refractivity contribution < 1.29 is 4.74 Å². The molecule has 0 aliphatic rings. The number of nitrogens with two attached hydrogens (primary N) is 1. The number of thioether (sulfide) groups is 1. The predicted octanol–water partition coefficient (Wildman–Crippen LogP) is 1.42. The number of aryl methyl sites for hydroxylation is 2. The van der Waals surface area contributed by atoms with Gasteiger partial charge in [0.25, 0.3) is 0 Å². The monoisotopic (exact) mass is 293 g/mol. The molecule has 7 heteroatoms. The third-order valence-electron chi connectivity index (χ3n) is 2.76.